The molecule has 1 N–H and O–H groups in total. The number of carbonyl (C=O) groups is 1. The number of aryl methyl sites for hydroxylation is 1. The molecule has 17 heavy (non-hydrogen) atoms. The first kappa shape index (κ1) is 13.0. The zero-order valence-corrected chi connectivity index (χ0v) is 9.64. The average molecular weight is 234 g/mol. The molecule has 0 unspecified atom stereocenters. The quantitative estimate of drug-likeness (QED) is 0.762. The molecule has 0 bridgehead atoms. The van der Waals surface area contributed by atoms with Crippen molar-refractivity contribution in [3.63, 3.8) is 0 Å². The number of rotatable bonds is 6. The third-order valence-corrected chi connectivity index (χ3v) is 2.14. The molecule has 1 rings (SSSR count). The number of hydrogen-bond donors (Lipinski definition) is 1. The molecule has 0 spiro atoms. The number of ether oxygens (including phenoxy) is 1. The standard InChI is InChI=1S/C12H14N2O3/c1-9-5-6-10(11(14-9)12(15)16)17-8-4-2-3-7-13/h5-6H,2-4,8H2,1H3,(H,15,16). The monoisotopic (exact) mass is 234 g/mol. The fourth-order valence-electron chi connectivity index (χ4n) is 1.30. The number of nitriles is 1. The van der Waals surface area contributed by atoms with Gasteiger partial charge in [-0.1, -0.05) is 0 Å². The molecule has 0 saturated carbocycles. The van der Waals surface area contributed by atoms with Crippen molar-refractivity contribution in [2.75, 3.05) is 6.61 Å². The minimum Gasteiger partial charge on any atom is -0.491 e. The summed E-state index contributed by atoms with van der Waals surface area (Å²) in [6.45, 7) is 2.12. The minimum absolute atomic E-state index is 0.0646. The van der Waals surface area contributed by atoms with E-state index in [9.17, 15) is 4.79 Å². The highest BCUT2D eigenvalue weighted by Crippen LogP contribution is 2.17. The summed E-state index contributed by atoms with van der Waals surface area (Å²) in [6, 6.07) is 5.35. The van der Waals surface area contributed by atoms with Gasteiger partial charge < -0.3 is 9.84 Å². The van der Waals surface area contributed by atoms with Crippen LogP contribution < -0.4 is 4.74 Å². The first-order valence-electron chi connectivity index (χ1n) is 5.36. The summed E-state index contributed by atoms with van der Waals surface area (Å²) in [4.78, 5) is 14.8. The lowest BCUT2D eigenvalue weighted by molar-refractivity contribution is 0.0685. The fraction of sp³-hybridized carbons (Fsp3) is 0.417. The Morgan fingerprint density at radius 3 is 2.94 bits per heavy atom. The van der Waals surface area contributed by atoms with E-state index < -0.39 is 5.97 Å². The second-order valence-corrected chi connectivity index (χ2v) is 3.57. The summed E-state index contributed by atoms with van der Waals surface area (Å²) in [5, 5.41) is 17.3. The second kappa shape index (κ2) is 6.48. The van der Waals surface area contributed by atoms with Crippen LogP contribution in [0.3, 0.4) is 0 Å². The number of carboxylic acid groups (broad SMARTS) is 1. The smallest absolute Gasteiger partial charge is 0.358 e. The van der Waals surface area contributed by atoms with Crippen LogP contribution in [-0.2, 0) is 0 Å². The van der Waals surface area contributed by atoms with Crippen LogP contribution in [0.4, 0.5) is 0 Å². The van der Waals surface area contributed by atoms with Crippen molar-refractivity contribution in [1.29, 1.82) is 5.26 Å². The van der Waals surface area contributed by atoms with Gasteiger partial charge in [-0.15, -0.1) is 0 Å². The SMILES string of the molecule is Cc1ccc(OCCCCC#N)c(C(=O)O)n1. The molecule has 5 nitrogen and oxygen atoms in total. The largest absolute Gasteiger partial charge is 0.491 e. The maximum atomic E-state index is 10.9. The van der Waals surface area contributed by atoms with Crippen molar-refractivity contribution in [2.45, 2.75) is 26.2 Å². The van der Waals surface area contributed by atoms with Gasteiger partial charge in [-0.25, -0.2) is 9.78 Å². The lowest BCUT2D eigenvalue weighted by atomic mass is 10.2. The summed E-state index contributed by atoms with van der Waals surface area (Å²) < 4.78 is 5.35. The fourth-order valence-corrected chi connectivity index (χ4v) is 1.30. The lowest BCUT2D eigenvalue weighted by Gasteiger charge is -2.08. The molecular formula is C12H14N2O3. The van der Waals surface area contributed by atoms with Crippen LogP contribution in [0.5, 0.6) is 5.75 Å². The molecule has 1 heterocycles. The summed E-state index contributed by atoms with van der Waals surface area (Å²) in [7, 11) is 0. The summed E-state index contributed by atoms with van der Waals surface area (Å²) in [6.07, 6.45) is 1.96. The number of nitrogens with zero attached hydrogens (tertiary/aromatic N) is 2. The maximum absolute atomic E-state index is 10.9. The van der Waals surface area contributed by atoms with Crippen LogP contribution in [-0.4, -0.2) is 22.7 Å². The van der Waals surface area contributed by atoms with Gasteiger partial charge in [0.25, 0.3) is 0 Å². The van der Waals surface area contributed by atoms with E-state index >= 15 is 0 Å². The molecule has 1 aromatic rings. The Labute approximate surface area is 99.7 Å². The Bertz CT molecular complexity index is 438. The van der Waals surface area contributed by atoms with Gasteiger partial charge in [-0.3, -0.25) is 0 Å². The van der Waals surface area contributed by atoms with Crippen molar-refractivity contribution >= 4 is 5.97 Å². The van der Waals surface area contributed by atoms with Gasteiger partial charge in [-0.2, -0.15) is 5.26 Å². The van der Waals surface area contributed by atoms with E-state index in [1.54, 1.807) is 19.1 Å². The van der Waals surface area contributed by atoms with Gasteiger partial charge in [0.2, 0.25) is 0 Å². The Morgan fingerprint density at radius 1 is 1.53 bits per heavy atom. The predicted octanol–water partition coefficient (Wildman–Crippen LogP) is 2.16. The number of carboxylic acids is 1. The lowest BCUT2D eigenvalue weighted by Crippen LogP contribution is -2.07. The first-order valence-corrected chi connectivity index (χ1v) is 5.36. The molecule has 0 atom stereocenters. The highest BCUT2D eigenvalue weighted by atomic mass is 16.5. The van der Waals surface area contributed by atoms with E-state index in [2.05, 4.69) is 4.98 Å². The number of aromatic nitrogens is 1. The highest BCUT2D eigenvalue weighted by molar-refractivity contribution is 5.88. The Morgan fingerprint density at radius 2 is 2.29 bits per heavy atom. The summed E-state index contributed by atoms with van der Waals surface area (Å²) >= 11 is 0. The van der Waals surface area contributed by atoms with Crippen molar-refractivity contribution in [2.24, 2.45) is 0 Å². The van der Waals surface area contributed by atoms with Crippen LogP contribution >= 0.6 is 0 Å². The Hall–Kier alpha value is -2.09. The Balaban J connectivity index is 2.59. The van der Waals surface area contributed by atoms with Gasteiger partial charge in [0, 0.05) is 12.1 Å². The maximum Gasteiger partial charge on any atom is 0.358 e. The number of hydrogen-bond acceptors (Lipinski definition) is 4. The normalized spacial score (nSPS) is 9.65. The molecule has 0 aliphatic carbocycles. The highest BCUT2D eigenvalue weighted by Gasteiger charge is 2.13. The van der Waals surface area contributed by atoms with Crippen molar-refractivity contribution in [3.05, 3.63) is 23.5 Å². The van der Waals surface area contributed by atoms with Crippen LogP contribution in [0.1, 0.15) is 35.4 Å². The molecule has 0 aliphatic rings. The van der Waals surface area contributed by atoms with E-state index in [0.29, 0.717) is 18.7 Å². The molecule has 0 amide bonds. The van der Waals surface area contributed by atoms with E-state index in [4.69, 9.17) is 15.1 Å². The van der Waals surface area contributed by atoms with Gasteiger partial charge in [-0.05, 0) is 31.9 Å². The molecule has 0 radical (unpaired) electrons. The zero-order chi connectivity index (χ0) is 12.7. The van der Waals surface area contributed by atoms with Crippen molar-refractivity contribution in [3.8, 4) is 11.8 Å². The van der Waals surface area contributed by atoms with Gasteiger partial charge in [0.15, 0.2) is 11.4 Å². The van der Waals surface area contributed by atoms with Crippen molar-refractivity contribution < 1.29 is 14.6 Å². The van der Waals surface area contributed by atoms with E-state index in [0.717, 1.165) is 12.8 Å². The molecule has 0 fully saturated rings. The third kappa shape index (κ3) is 4.11. The number of pyridine rings is 1. The summed E-state index contributed by atoms with van der Waals surface area (Å²) in [5.41, 5.74) is 0.574. The molecule has 1 aromatic heterocycles. The summed E-state index contributed by atoms with van der Waals surface area (Å²) in [5.74, 6) is -0.819. The minimum atomic E-state index is -1.10. The first-order chi connectivity index (χ1) is 8.15. The molecule has 90 valence electrons. The van der Waals surface area contributed by atoms with Crippen molar-refractivity contribution in [1.82, 2.24) is 4.98 Å². The third-order valence-electron chi connectivity index (χ3n) is 2.14. The van der Waals surface area contributed by atoms with Crippen LogP contribution in [0.15, 0.2) is 12.1 Å². The van der Waals surface area contributed by atoms with E-state index in [1.807, 2.05) is 6.07 Å². The molecule has 5 heteroatoms. The van der Waals surface area contributed by atoms with E-state index in [-0.39, 0.29) is 11.4 Å². The van der Waals surface area contributed by atoms with Crippen LogP contribution in [0.25, 0.3) is 0 Å². The average Bonchev–Trinajstić information content (AvgIpc) is 2.30. The number of aromatic carboxylic acids is 1. The second-order valence-electron chi connectivity index (χ2n) is 3.57. The predicted molar refractivity (Wildman–Crippen MR) is 60.9 cm³/mol. The van der Waals surface area contributed by atoms with Crippen LogP contribution in [0.2, 0.25) is 0 Å². The van der Waals surface area contributed by atoms with Gasteiger partial charge in [0.1, 0.15) is 0 Å². The Kier molecular flexibility index (Phi) is 4.95. The van der Waals surface area contributed by atoms with Gasteiger partial charge in [0.05, 0.1) is 12.7 Å². The van der Waals surface area contributed by atoms with E-state index in [1.165, 1.54) is 0 Å². The topological polar surface area (TPSA) is 83.2 Å². The number of unbranched alkanes of at least 4 members (excludes halogenated alkanes) is 2. The molecule has 0 aromatic carbocycles. The zero-order valence-electron chi connectivity index (χ0n) is 9.64. The molecule has 0 aliphatic heterocycles. The van der Waals surface area contributed by atoms with Gasteiger partial charge >= 0.3 is 5.97 Å². The molecule has 0 saturated heterocycles. The molecular weight excluding hydrogens is 220 g/mol. The van der Waals surface area contributed by atoms with Crippen LogP contribution in [0, 0.1) is 18.3 Å².